The van der Waals surface area contributed by atoms with Gasteiger partial charge in [0.15, 0.2) is 0 Å². The molecule has 0 aliphatic heterocycles. The maximum atomic E-state index is 11.7. The average molecular weight is 268 g/mol. The SMILES string of the molecule is CCCCCCCCNC(=O)NC1CCC(C)CC1. The van der Waals surface area contributed by atoms with Gasteiger partial charge in [-0.05, 0) is 38.0 Å². The summed E-state index contributed by atoms with van der Waals surface area (Å²) in [5.41, 5.74) is 0. The maximum Gasteiger partial charge on any atom is 0.315 e. The molecule has 0 atom stereocenters. The lowest BCUT2D eigenvalue weighted by Crippen LogP contribution is -2.43. The fourth-order valence-electron chi connectivity index (χ4n) is 2.75. The van der Waals surface area contributed by atoms with Crippen molar-refractivity contribution in [1.82, 2.24) is 10.6 Å². The van der Waals surface area contributed by atoms with Crippen molar-refractivity contribution in [2.75, 3.05) is 6.54 Å². The van der Waals surface area contributed by atoms with Crippen LogP contribution in [0.25, 0.3) is 0 Å². The number of rotatable bonds is 8. The van der Waals surface area contributed by atoms with E-state index < -0.39 is 0 Å². The van der Waals surface area contributed by atoms with Gasteiger partial charge in [0, 0.05) is 12.6 Å². The maximum absolute atomic E-state index is 11.7. The van der Waals surface area contributed by atoms with Crippen molar-refractivity contribution in [3.8, 4) is 0 Å². The van der Waals surface area contributed by atoms with Crippen molar-refractivity contribution < 1.29 is 4.79 Å². The van der Waals surface area contributed by atoms with E-state index in [1.165, 1.54) is 44.9 Å². The third kappa shape index (κ3) is 8.12. The molecule has 3 nitrogen and oxygen atoms in total. The second-order valence-corrected chi connectivity index (χ2v) is 6.12. The molecule has 3 heteroatoms. The molecular weight excluding hydrogens is 236 g/mol. The summed E-state index contributed by atoms with van der Waals surface area (Å²) in [5.74, 6) is 0.837. The number of carbonyl (C=O) groups is 1. The Labute approximate surface area is 118 Å². The van der Waals surface area contributed by atoms with Gasteiger partial charge in [-0.25, -0.2) is 4.79 Å². The predicted octanol–water partition coefficient (Wildman–Crippen LogP) is 4.22. The largest absolute Gasteiger partial charge is 0.338 e. The number of hydrogen-bond acceptors (Lipinski definition) is 1. The highest BCUT2D eigenvalue weighted by Gasteiger charge is 2.19. The Hall–Kier alpha value is -0.730. The van der Waals surface area contributed by atoms with E-state index in [0.29, 0.717) is 6.04 Å². The number of urea groups is 1. The molecule has 1 fully saturated rings. The van der Waals surface area contributed by atoms with Crippen LogP contribution in [0.2, 0.25) is 0 Å². The molecule has 0 aromatic heterocycles. The summed E-state index contributed by atoms with van der Waals surface area (Å²) < 4.78 is 0. The smallest absolute Gasteiger partial charge is 0.315 e. The second kappa shape index (κ2) is 10.1. The Morgan fingerprint density at radius 1 is 1.00 bits per heavy atom. The lowest BCUT2D eigenvalue weighted by Gasteiger charge is -2.26. The van der Waals surface area contributed by atoms with Gasteiger partial charge < -0.3 is 10.6 Å². The Kier molecular flexibility index (Phi) is 8.68. The molecule has 0 heterocycles. The Morgan fingerprint density at radius 3 is 2.32 bits per heavy atom. The molecule has 2 amide bonds. The minimum Gasteiger partial charge on any atom is -0.338 e. The molecule has 19 heavy (non-hydrogen) atoms. The molecule has 0 aromatic rings. The minimum absolute atomic E-state index is 0.0353. The molecule has 0 bridgehead atoms. The van der Waals surface area contributed by atoms with Crippen molar-refractivity contribution in [3.63, 3.8) is 0 Å². The quantitative estimate of drug-likeness (QED) is 0.636. The van der Waals surface area contributed by atoms with Crippen LogP contribution in [-0.2, 0) is 0 Å². The number of unbranched alkanes of at least 4 members (excludes halogenated alkanes) is 5. The lowest BCUT2D eigenvalue weighted by atomic mass is 9.87. The summed E-state index contributed by atoms with van der Waals surface area (Å²) in [6.07, 6.45) is 12.4. The Bertz CT molecular complexity index is 235. The Balaban J connectivity index is 1.93. The number of amides is 2. The van der Waals surface area contributed by atoms with E-state index >= 15 is 0 Å². The number of carbonyl (C=O) groups excluding carboxylic acids is 1. The molecule has 0 saturated heterocycles. The summed E-state index contributed by atoms with van der Waals surface area (Å²) in [6, 6.07) is 0.439. The standard InChI is InChI=1S/C16H32N2O/c1-3-4-5-6-7-8-13-17-16(19)18-15-11-9-14(2)10-12-15/h14-15H,3-13H2,1-2H3,(H2,17,18,19). The van der Waals surface area contributed by atoms with Gasteiger partial charge in [-0.1, -0.05) is 46.0 Å². The molecule has 0 unspecified atom stereocenters. The first-order valence-electron chi connectivity index (χ1n) is 8.26. The summed E-state index contributed by atoms with van der Waals surface area (Å²) in [5, 5.41) is 6.08. The van der Waals surface area contributed by atoms with Crippen molar-refractivity contribution in [3.05, 3.63) is 0 Å². The molecule has 1 rings (SSSR count). The van der Waals surface area contributed by atoms with E-state index in [0.717, 1.165) is 31.7 Å². The third-order valence-electron chi connectivity index (χ3n) is 4.17. The molecule has 1 aliphatic rings. The summed E-state index contributed by atoms with van der Waals surface area (Å²) in [4.78, 5) is 11.7. The zero-order valence-electron chi connectivity index (χ0n) is 12.8. The summed E-state index contributed by atoms with van der Waals surface area (Å²) >= 11 is 0. The zero-order chi connectivity index (χ0) is 13.9. The van der Waals surface area contributed by atoms with Crippen LogP contribution in [0.3, 0.4) is 0 Å². The number of hydrogen-bond donors (Lipinski definition) is 2. The third-order valence-corrected chi connectivity index (χ3v) is 4.17. The molecule has 0 radical (unpaired) electrons. The van der Waals surface area contributed by atoms with Crippen LogP contribution in [0.15, 0.2) is 0 Å². The van der Waals surface area contributed by atoms with Crippen molar-refractivity contribution in [2.24, 2.45) is 5.92 Å². The van der Waals surface area contributed by atoms with Gasteiger partial charge in [0.05, 0.1) is 0 Å². The Morgan fingerprint density at radius 2 is 1.63 bits per heavy atom. The monoisotopic (exact) mass is 268 g/mol. The molecular formula is C16H32N2O. The average Bonchev–Trinajstić information content (AvgIpc) is 2.40. The highest BCUT2D eigenvalue weighted by molar-refractivity contribution is 5.74. The first-order valence-corrected chi connectivity index (χ1v) is 8.26. The summed E-state index contributed by atoms with van der Waals surface area (Å²) in [7, 11) is 0. The minimum atomic E-state index is 0.0353. The second-order valence-electron chi connectivity index (χ2n) is 6.12. The zero-order valence-corrected chi connectivity index (χ0v) is 12.8. The van der Waals surface area contributed by atoms with Gasteiger partial charge in [-0.3, -0.25) is 0 Å². The normalized spacial score (nSPS) is 23.1. The van der Waals surface area contributed by atoms with Gasteiger partial charge in [0.25, 0.3) is 0 Å². The van der Waals surface area contributed by atoms with E-state index in [2.05, 4.69) is 24.5 Å². The van der Waals surface area contributed by atoms with Gasteiger partial charge in [-0.15, -0.1) is 0 Å². The topological polar surface area (TPSA) is 41.1 Å². The van der Waals surface area contributed by atoms with Gasteiger partial charge in [0.2, 0.25) is 0 Å². The van der Waals surface area contributed by atoms with E-state index in [1.54, 1.807) is 0 Å². The van der Waals surface area contributed by atoms with Crippen molar-refractivity contribution in [2.45, 2.75) is 84.1 Å². The molecule has 1 aliphatic carbocycles. The van der Waals surface area contributed by atoms with Gasteiger partial charge >= 0.3 is 6.03 Å². The van der Waals surface area contributed by atoms with Crippen LogP contribution in [0.4, 0.5) is 4.79 Å². The van der Waals surface area contributed by atoms with Crippen molar-refractivity contribution >= 4 is 6.03 Å². The first-order chi connectivity index (χ1) is 9.22. The van der Waals surface area contributed by atoms with E-state index in [-0.39, 0.29) is 6.03 Å². The highest BCUT2D eigenvalue weighted by atomic mass is 16.2. The highest BCUT2D eigenvalue weighted by Crippen LogP contribution is 2.23. The van der Waals surface area contributed by atoms with Crippen LogP contribution in [-0.4, -0.2) is 18.6 Å². The van der Waals surface area contributed by atoms with Crippen LogP contribution in [0, 0.1) is 5.92 Å². The number of nitrogens with one attached hydrogen (secondary N) is 2. The first kappa shape index (κ1) is 16.3. The molecule has 2 N–H and O–H groups in total. The van der Waals surface area contributed by atoms with Crippen LogP contribution < -0.4 is 10.6 Å². The van der Waals surface area contributed by atoms with Crippen molar-refractivity contribution in [1.29, 1.82) is 0 Å². The van der Waals surface area contributed by atoms with Crippen LogP contribution in [0.5, 0.6) is 0 Å². The van der Waals surface area contributed by atoms with Gasteiger partial charge in [-0.2, -0.15) is 0 Å². The molecule has 112 valence electrons. The lowest BCUT2D eigenvalue weighted by molar-refractivity contribution is 0.228. The fraction of sp³-hybridized carbons (Fsp3) is 0.938. The van der Waals surface area contributed by atoms with E-state index in [1.807, 2.05) is 0 Å². The summed E-state index contributed by atoms with van der Waals surface area (Å²) in [6.45, 7) is 5.35. The van der Waals surface area contributed by atoms with Crippen LogP contribution >= 0.6 is 0 Å². The predicted molar refractivity (Wildman–Crippen MR) is 81.3 cm³/mol. The molecule has 0 aromatic carbocycles. The van der Waals surface area contributed by atoms with E-state index in [4.69, 9.17) is 0 Å². The molecule has 1 saturated carbocycles. The van der Waals surface area contributed by atoms with E-state index in [9.17, 15) is 4.79 Å². The fourth-order valence-corrected chi connectivity index (χ4v) is 2.75. The van der Waals surface area contributed by atoms with Gasteiger partial charge in [0.1, 0.15) is 0 Å². The molecule has 0 spiro atoms. The van der Waals surface area contributed by atoms with Crippen LogP contribution in [0.1, 0.15) is 78.1 Å².